The van der Waals surface area contributed by atoms with Crippen LogP contribution < -0.4 is 5.32 Å². The summed E-state index contributed by atoms with van der Waals surface area (Å²) >= 11 is 0. The van der Waals surface area contributed by atoms with E-state index in [1.807, 2.05) is 6.92 Å². The lowest BCUT2D eigenvalue weighted by Crippen LogP contribution is -2.23. The highest BCUT2D eigenvalue weighted by Crippen LogP contribution is 2.34. The van der Waals surface area contributed by atoms with Gasteiger partial charge in [0, 0.05) is 12.1 Å². The maximum absolute atomic E-state index is 13.4. The van der Waals surface area contributed by atoms with E-state index in [0.717, 1.165) is 42.4 Å². The highest BCUT2D eigenvalue weighted by molar-refractivity contribution is 5.96. The number of benzene rings is 1. The maximum Gasteiger partial charge on any atom is 0.244 e. The van der Waals surface area contributed by atoms with E-state index in [1.165, 1.54) is 5.56 Å². The third-order valence-electron chi connectivity index (χ3n) is 3.66. The summed E-state index contributed by atoms with van der Waals surface area (Å²) in [6.07, 6.45) is 5.54. The summed E-state index contributed by atoms with van der Waals surface area (Å²) in [5, 5.41) is 2.93. The molecule has 2 nitrogen and oxygen atoms in total. The van der Waals surface area contributed by atoms with Gasteiger partial charge in [-0.25, -0.2) is 4.39 Å². The molecule has 94 valence electrons. The van der Waals surface area contributed by atoms with Gasteiger partial charge in [0.25, 0.3) is 0 Å². The number of aryl methyl sites for hydroxylation is 1. The molecule has 3 heteroatoms. The monoisotopic (exact) mass is 245 g/mol. The molecule has 1 aromatic carbocycles. The fourth-order valence-corrected chi connectivity index (χ4v) is 2.56. The van der Waals surface area contributed by atoms with Gasteiger partial charge in [-0.15, -0.1) is 0 Å². The van der Waals surface area contributed by atoms with Crippen molar-refractivity contribution in [2.24, 2.45) is 0 Å². The van der Waals surface area contributed by atoms with E-state index < -0.39 is 0 Å². The molecular formula is C15H16FNO. The van der Waals surface area contributed by atoms with Crippen molar-refractivity contribution in [1.82, 2.24) is 5.32 Å². The molecule has 0 saturated heterocycles. The zero-order valence-corrected chi connectivity index (χ0v) is 10.4. The highest BCUT2D eigenvalue weighted by atomic mass is 19.1. The first-order valence-electron chi connectivity index (χ1n) is 6.44. The van der Waals surface area contributed by atoms with Crippen LogP contribution in [0.5, 0.6) is 0 Å². The largest absolute Gasteiger partial charge is 0.350 e. The van der Waals surface area contributed by atoms with Gasteiger partial charge < -0.3 is 5.32 Å². The van der Waals surface area contributed by atoms with Gasteiger partial charge in [0.15, 0.2) is 0 Å². The Kier molecular flexibility index (Phi) is 2.69. The molecular weight excluding hydrogens is 229 g/mol. The molecule has 2 aliphatic rings. The van der Waals surface area contributed by atoms with Gasteiger partial charge in [-0.1, -0.05) is 0 Å². The van der Waals surface area contributed by atoms with Crippen LogP contribution >= 0.6 is 0 Å². The van der Waals surface area contributed by atoms with Crippen molar-refractivity contribution in [3.05, 3.63) is 40.7 Å². The zero-order chi connectivity index (χ0) is 12.7. The first-order chi connectivity index (χ1) is 8.63. The van der Waals surface area contributed by atoms with Crippen molar-refractivity contribution in [3.8, 4) is 0 Å². The number of rotatable bonds is 2. The van der Waals surface area contributed by atoms with Gasteiger partial charge in [0.1, 0.15) is 5.82 Å². The fraction of sp³-hybridized carbons (Fsp3) is 0.400. The molecule has 0 spiro atoms. The van der Waals surface area contributed by atoms with E-state index in [-0.39, 0.29) is 11.7 Å². The average Bonchev–Trinajstić information content (AvgIpc) is 3.01. The van der Waals surface area contributed by atoms with Crippen molar-refractivity contribution in [2.75, 3.05) is 0 Å². The van der Waals surface area contributed by atoms with E-state index >= 15 is 0 Å². The second-order valence-electron chi connectivity index (χ2n) is 5.20. The lowest BCUT2D eigenvalue weighted by Gasteiger charge is -2.05. The van der Waals surface area contributed by atoms with E-state index in [1.54, 1.807) is 18.2 Å². The molecule has 1 amide bonds. The molecule has 2 aliphatic carbocycles. The summed E-state index contributed by atoms with van der Waals surface area (Å²) in [5.74, 6) is -0.260. The minimum Gasteiger partial charge on any atom is -0.350 e. The SMILES string of the molecule is Cc1cc(F)cc2c1CCC2=CC(=O)NC1CC1. The Morgan fingerprint density at radius 1 is 1.39 bits per heavy atom. The highest BCUT2D eigenvalue weighted by Gasteiger charge is 2.24. The van der Waals surface area contributed by atoms with Crippen LogP contribution in [0.25, 0.3) is 5.57 Å². The van der Waals surface area contributed by atoms with Crippen LogP contribution in [0.4, 0.5) is 4.39 Å². The van der Waals surface area contributed by atoms with Crippen LogP contribution in [-0.4, -0.2) is 11.9 Å². The summed E-state index contributed by atoms with van der Waals surface area (Å²) in [7, 11) is 0. The van der Waals surface area contributed by atoms with Gasteiger partial charge in [-0.3, -0.25) is 4.79 Å². The number of allylic oxidation sites excluding steroid dienone is 1. The zero-order valence-electron chi connectivity index (χ0n) is 10.4. The van der Waals surface area contributed by atoms with Gasteiger partial charge in [-0.2, -0.15) is 0 Å². The molecule has 0 radical (unpaired) electrons. The topological polar surface area (TPSA) is 29.1 Å². The molecule has 0 atom stereocenters. The smallest absolute Gasteiger partial charge is 0.244 e. The van der Waals surface area contributed by atoms with E-state index in [0.29, 0.717) is 6.04 Å². The van der Waals surface area contributed by atoms with E-state index in [9.17, 15) is 9.18 Å². The fourth-order valence-electron chi connectivity index (χ4n) is 2.56. The molecule has 1 saturated carbocycles. The van der Waals surface area contributed by atoms with Crippen LogP contribution in [0.15, 0.2) is 18.2 Å². The summed E-state index contributed by atoms with van der Waals surface area (Å²) in [4.78, 5) is 11.7. The number of nitrogens with one attached hydrogen (secondary N) is 1. The molecule has 18 heavy (non-hydrogen) atoms. The first-order valence-corrected chi connectivity index (χ1v) is 6.44. The number of hydrogen-bond donors (Lipinski definition) is 1. The van der Waals surface area contributed by atoms with Crippen molar-refractivity contribution in [1.29, 1.82) is 0 Å². The van der Waals surface area contributed by atoms with Gasteiger partial charge >= 0.3 is 0 Å². The van der Waals surface area contributed by atoms with Gasteiger partial charge in [-0.05, 0) is 67.0 Å². The molecule has 1 N–H and O–H groups in total. The van der Waals surface area contributed by atoms with Gasteiger partial charge in [0.05, 0.1) is 0 Å². The summed E-state index contributed by atoms with van der Waals surface area (Å²) in [6, 6.07) is 3.47. The van der Waals surface area contributed by atoms with Crippen LogP contribution in [0.1, 0.15) is 36.0 Å². The molecule has 0 heterocycles. The Balaban J connectivity index is 1.88. The molecule has 1 fully saturated rings. The number of amides is 1. The number of carbonyl (C=O) groups excluding carboxylic acids is 1. The molecule has 0 unspecified atom stereocenters. The lowest BCUT2D eigenvalue weighted by molar-refractivity contribution is -0.116. The third kappa shape index (κ3) is 2.17. The molecule has 0 aliphatic heterocycles. The van der Waals surface area contributed by atoms with Gasteiger partial charge in [0.2, 0.25) is 5.91 Å². The summed E-state index contributed by atoms with van der Waals surface area (Å²) < 4.78 is 13.4. The van der Waals surface area contributed by atoms with Crippen molar-refractivity contribution < 1.29 is 9.18 Å². The summed E-state index contributed by atoms with van der Waals surface area (Å²) in [5.41, 5.74) is 4.04. The predicted octanol–water partition coefficient (Wildman–Crippen LogP) is 2.74. The predicted molar refractivity (Wildman–Crippen MR) is 68.6 cm³/mol. The Bertz CT molecular complexity index is 544. The maximum atomic E-state index is 13.4. The molecule has 0 aromatic heterocycles. The van der Waals surface area contributed by atoms with E-state index in [2.05, 4.69) is 5.32 Å². The lowest BCUT2D eigenvalue weighted by atomic mass is 10.0. The van der Waals surface area contributed by atoms with E-state index in [4.69, 9.17) is 0 Å². The second-order valence-corrected chi connectivity index (χ2v) is 5.20. The molecule has 3 rings (SSSR count). The first kappa shape index (κ1) is 11.5. The standard InChI is InChI=1S/C15H16FNO/c1-9-6-11(16)8-14-10(2-5-13(9)14)7-15(18)17-12-3-4-12/h6-8,12H,2-5H2,1H3,(H,17,18). The normalized spacial score (nSPS) is 20.0. The van der Waals surface area contributed by atoms with Crippen molar-refractivity contribution in [3.63, 3.8) is 0 Å². The number of carbonyl (C=O) groups is 1. The molecule has 1 aromatic rings. The quantitative estimate of drug-likeness (QED) is 0.797. The van der Waals surface area contributed by atoms with Crippen molar-refractivity contribution >= 4 is 11.5 Å². The van der Waals surface area contributed by atoms with Crippen LogP contribution in [0.2, 0.25) is 0 Å². The minimum atomic E-state index is -0.221. The average molecular weight is 245 g/mol. The van der Waals surface area contributed by atoms with Crippen molar-refractivity contribution in [2.45, 2.75) is 38.6 Å². The van der Waals surface area contributed by atoms with Crippen LogP contribution in [0.3, 0.4) is 0 Å². The molecule has 0 bridgehead atoms. The number of hydrogen-bond acceptors (Lipinski definition) is 1. The Morgan fingerprint density at radius 2 is 2.17 bits per heavy atom. The Labute approximate surface area is 106 Å². The van der Waals surface area contributed by atoms with Crippen LogP contribution in [0, 0.1) is 12.7 Å². The Hall–Kier alpha value is -1.64. The third-order valence-corrected chi connectivity index (χ3v) is 3.66. The van der Waals surface area contributed by atoms with Crippen LogP contribution in [-0.2, 0) is 11.2 Å². The Morgan fingerprint density at radius 3 is 2.89 bits per heavy atom. The minimum absolute atomic E-state index is 0.0396. The number of halogens is 1. The summed E-state index contributed by atoms with van der Waals surface area (Å²) in [6.45, 7) is 1.93. The number of fused-ring (bicyclic) bond motifs is 1. The second kappa shape index (κ2) is 4.23.